The van der Waals surface area contributed by atoms with Crippen molar-refractivity contribution < 1.29 is 9.59 Å². The van der Waals surface area contributed by atoms with Gasteiger partial charge >= 0.3 is 0 Å². The zero-order valence-corrected chi connectivity index (χ0v) is 18.6. The lowest BCUT2D eigenvalue weighted by Crippen LogP contribution is -2.48. The molecule has 0 spiro atoms. The summed E-state index contributed by atoms with van der Waals surface area (Å²) in [7, 11) is 0. The maximum atomic E-state index is 12.9. The topological polar surface area (TPSA) is 49.4 Å². The number of nitrogens with zero attached hydrogens (tertiary/aromatic N) is 1. The minimum absolute atomic E-state index is 0.0244. The lowest BCUT2D eigenvalue weighted by atomic mass is 10.1. The first-order valence-corrected chi connectivity index (χ1v) is 11.4. The second-order valence-electron chi connectivity index (χ2n) is 6.80. The Bertz CT molecular complexity index is 768. The minimum Gasteiger partial charge on any atom is -0.355 e. The van der Waals surface area contributed by atoms with Crippen molar-refractivity contribution in [2.24, 2.45) is 0 Å². The molecule has 156 valence electrons. The lowest BCUT2D eigenvalue weighted by molar-refractivity contribution is -0.139. The maximum absolute atomic E-state index is 12.9. The molecule has 0 aliphatic heterocycles. The second kappa shape index (κ2) is 12.6. The first-order valence-electron chi connectivity index (χ1n) is 10.0. The second-order valence-corrected chi connectivity index (χ2v) is 8.40. The van der Waals surface area contributed by atoms with Crippen LogP contribution in [0, 0.1) is 0 Å². The van der Waals surface area contributed by atoms with E-state index in [1.54, 1.807) is 23.6 Å². The molecule has 4 nitrogen and oxygen atoms in total. The van der Waals surface area contributed by atoms with Crippen LogP contribution >= 0.6 is 23.4 Å². The highest BCUT2D eigenvalue weighted by atomic mass is 35.5. The Morgan fingerprint density at radius 3 is 2.45 bits per heavy atom. The van der Waals surface area contributed by atoms with E-state index in [0.29, 0.717) is 19.5 Å². The van der Waals surface area contributed by atoms with Gasteiger partial charge < -0.3 is 10.2 Å². The maximum Gasteiger partial charge on any atom is 0.242 e. The van der Waals surface area contributed by atoms with Crippen molar-refractivity contribution in [3.63, 3.8) is 0 Å². The quantitative estimate of drug-likeness (QED) is 0.409. The minimum atomic E-state index is -0.477. The molecule has 1 N–H and O–H groups in total. The van der Waals surface area contributed by atoms with Crippen LogP contribution in [0.25, 0.3) is 0 Å². The van der Waals surface area contributed by atoms with E-state index >= 15 is 0 Å². The van der Waals surface area contributed by atoms with Crippen molar-refractivity contribution in [1.29, 1.82) is 0 Å². The van der Waals surface area contributed by atoms with Gasteiger partial charge in [0.05, 0.1) is 0 Å². The van der Waals surface area contributed by atoms with Gasteiger partial charge in [0.1, 0.15) is 6.04 Å². The Morgan fingerprint density at radius 2 is 1.79 bits per heavy atom. The molecule has 0 aromatic heterocycles. The molecule has 0 heterocycles. The van der Waals surface area contributed by atoms with Gasteiger partial charge in [-0.25, -0.2) is 0 Å². The van der Waals surface area contributed by atoms with Crippen molar-refractivity contribution >= 4 is 35.2 Å². The number of halogens is 1. The molecule has 2 amide bonds. The Hall–Kier alpha value is -1.98. The number of benzene rings is 2. The van der Waals surface area contributed by atoms with E-state index in [1.807, 2.05) is 61.5 Å². The Balaban J connectivity index is 1.90. The number of carbonyl (C=O) groups is 2. The van der Waals surface area contributed by atoms with E-state index in [-0.39, 0.29) is 11.8 Å². The molecule has 2 rings (SSSR count). The summed E-state index contributed by atoms with van der Waals surface area (Å²) in [5, 5.41) is 3.54. The molecule has 1 atom stereocenters. The fraction of sp³-hybridized carbons (Fsp3) is 0.391. The van der Waals surface area contributed by atoms with E-state index in [2.05, 4.69) is 5.32 Å². The molecular formula is C23H29ClN2O2S. The summed E-state index contributed by atoms with van der Waals surface area (Å²) in [6.07, 6.45) is 1.92. The van der Waals surface area contributed by atoms with Crippen LogP contribution in [-0.4, -0.2) is 41.6 Å². The molecule has 0 radical (unpaired) electrons. The Morgan fingerprint density at radius 1 is 1.10 bits per heavy atom. The molecule has 1 unspecified atom stereocenters. The van der Waals surface area contributed by atoms with Crippen LogP contribution in [0.5, 0.6) is 0 Å². The van der Waals surface area contributed by atoms with E-state index in [0.717, 1.165) is 34.1 Å². The summed E-state index contributed by atoms with van der Waals surface area (Å²) < 4.78 is 0. The van der Waals surface area contributed by atoms with Crippen LogP contribution in [0.2, 0.25) is 5.02 Å². The SMILES string of the molecule is CCNC(=O)C(C)N(CCc1ccccc1)C(=O)CCCSc1ccc(Cl)cc1. The zero-order chi connectivity index (χ0) is 21.1. The Kier molecular flexibility index (Phi) is 10.1. The number of amides is 2. The van der Waals surface area contributed by atoms with E-state index in [9.17, 15) is 9.59 Å². The number of likely N-dealkylation sites (N-methyl/N-ethyl adjacent to an activating group) is 1. The standard InChI is InChI=1S/C23H29ClN2O2S/c1-3-25-23(28)18(2)26(16-15-19-8-5-4-6-9-19)22(27)10-7-17-29-21-13-11-20(24)12-14-21/h4-6,8-9,11-14,18H,3,7,10,15-17H2,1-2H3,(H,25,28). The molecule has 29 heavy (non-hydrogen) atoms. The average molecular weight is 433 g/mol. The van der Waals surface area contributed by atoms with Crippen LogP contribution in [0.3, 0.4) is 0 Å². The van der Waals surface area contributed by atoms with E-state index in [4.69, 9.17) is 11.6 Å². The highest BCUT2D eigenvalue weighted by molar-refractivity contribution is 7.99. The van der Waals surface area contributed by atoms with Crippen LogP contribution in [0.4, 0.5) is 0 Å². The molecule has 0 aliphatic carbocycles. The smallest absolute Gasteiger partial charge is 0.242 e. The number of carbonyl (C=O) groups excluding carboxylic acids is 2. The van der Waals surface area contributed by atoms with Crippen molar-refractivity contribution in [1.82, 2.24) is 10.2 Å². The van der Waals surface area contributed by atoms with Crippen molar-refractivity contribution in [2.45, 2.75) is 44.0 Å². The third kappa shape index (κ3) is 8.11. The summed E-state index contributed by atoms with van der Waals surface area (Å²) >= 11 is 7.62. The summed E-state index contributed by atoms with van der Waals surface area (Å²) in [6.45, 7) is 4.78. The Labute approximate surface area is 183 Å². The number of thioether (sulfide) groups is 1. The fourth-order valence-corrected chi connectivity index (χ4v) is 3.96. The molecule has 0 saturated carbocycles. The van der Waals surface area contributed by atoms with Crippen LogP contribution in [-0.2, 0) is 16.0 Å². The van der Waals surface area contributed by atoms with Crippen LogP contribution in [0.15, 0.2) is 59.5 Å². The summed E-state index contributed by atoms with van der Waals surface area (Å²) in [5.74, 6) is 0.760. The van der Waals surface area contributed by atoms with Gasteiger partial charge in [-0.05, 0) is 62.3 Å². The monoisotopic (exact) mass is 432 g/mol. The van der Waals surface area contributed by atoms with Crippen molar-refractivity contribution in [3.05, 3.63) is 65.2 Å². The molecule has 0 aliphatic rings. The van der Waals surface area contributed by atoms with Gasteiger partial charge in [0.25, 0.3) is 0 Å². The molecule has 2 aromatic rings. The summed E-state index contributed by atoms with van der Waals surface area (Å²) in [6, 6.07) is 17.3. The van der Waals surface area contributed by atoms with Gasteiger partial charge in [-0.1, -0.05) is 41.9 Å². The zero-order valence-electron chi connectivity index (χ0n) is 17.1. The van der Waals surface area contributed by atoms with Gasteiger partial charge in [0, 0.05) is 29.4 Å². The summed E-state index contributed by atoms with van der Waals surface area (Å²) in [5.41, 5.74) is 1.16. The fourth-order valence-electron chi connectivity index (χ4n) is 2.98. The highest BCUT2D eigenvalue weighted by Gasteiger charge is 2.24. The average Bonchev–Trinajstić information content (AvgIpc) is 2.73. The van der Waals surface area contributed by atoms with Gasteiger partial charge in [0.15, 0.2) is 0 Å². The third-order valence-corrected chi connectivity index (χ3v) is 5.97. The normalized spacial score (nSPS) is 11.7. The molecule has 0 fully saturated rings. The largest absolute Gasteiger partial charge is 0.355 e. The van der Waals surface area contributed by atoms with Gasteiger partial charge in [0.2, 0.25) is 11.8 Å². The van der Waals surface area contributed by atoms with Crippen molar-refractivity contribution in [2.75, 3.05) is 18.8 Å². The van der Waals surface area contributed by atoms with E-state index in [1.165, 1.54) is 0 Å². The van der Waals surface area contributed by atoms with Crippen LogP contribution < -0.4 is 5.32 Å². The molecule has 6 heteroatoms. The number of nitrogens with one attached hydrogen (secondary N) is 1. The summed E-state index contributed by atoms with van der Waals surface area (Å²) in [4.78, 5) is 28.1. The molecular weight excluding hydrogens is 404 g/mol. The predicted molar refractivity (Wildman–Crippen MR) is 121 cm³/mol. The van der Waals surface area contributed by atoms with E-state index < -0.39 is 6.04 Å². The highest BCUT2D eigenvalue weighted by Crippen LogP contribution is 2.21. The first-order chi connectivity index (χ1) is 14.0. The van der Waals surface area contributed by atoms with Gasteiger partial charge in [-0.2, -0.15) is 0 Å². The molecule has 0 bridgehead atoms. The molecule has 0 saturated heterocycles. The van der Waals surface area contributed by atoms with Crippen LogP contribution in [0.1, 0.15) is 32.3 Å². The van der Waals surface area contributed by atoms with Crippen molar-refractivity contribution in [3.8, 4) is 0 Å². The van der Waals surface area contributed by atoms with Gasteiger partial charge in [-0.3, -0.25) is 9.59 Å². The third-order valence-electron chi connectivity index (χ3n) is 4.62. The number of rotatable bonds is 11. The predicted octanol–water partition coefficient (Wildman–Crippen LogP) is 4.81. The van der Waals surface area contributed by atoms with Gasteiger partial charge in [-0.15, -0.1) is 11.8 Å². The first kappa shape index (κ1) is 23.3. The molecule has 2 aromatic carbocycles. The lowest BCUT2D eigenvalue weighted by Gasteiger charge is -2.28. The number of hydrogen-bond acceptors (Lipinski definition) is 3. The number of hydrogen-bond donors (Lipinski definition) is 1.